The summed E-state index contributed by atoms with van der Waals surface area (Å²) in [6.45, 7) is 1.72. The average molecular weight is 254 g/mol. The fourth-order valence-electron chi connectivity index (χ4n) is 1.37. The van der Waals surface area contributed by atoms with E-state index >= 15 is 0 Å². The third-order valence-corrected chi connectivity index (χ3v) is 2.36. The Kier molecular flexibility index (Phi) is 5.26. The van der Waals surface area contributed by atoms with Crippen molar-refractivity contribution in [2.45, 2.75) is 25.9 Å². The molecule has 0 aliphatic rings. The Bertz CT molecular complexity index is 437. The Morgan fingerprint density at radius 3 is 2.89 bits per heavy atom. The summed E-state index contributed by atoms with van der Waals surface area (Å²) in [6, 6.07) is 3.95. The second kappa shape index (κ2) is 6.70. The van der Waals surface area contributed by atoms with Gasteiger partial charge in [0.05, 0.1) is 6.10 Å². The van der Waals surface area contributed by atoms with E-state index in [-0.39, 0.29) is 29.7 Å². The summed E-state index contributed by atoms with van der Waals surface area (Å²) in [6.07, 6.45) is 0.838. The molecule has 6 heteroatoms. The van der Waals surface area contributed by atoms with Crippen molar-refractivity contribution in [1.82, 2.24) is 5.43 Å². The van der Waals surface area contributed by atoms with Gasteiger partial charge >= 0.3 is 0 Å². The molecule has 1 aromatic carbocycles. The molecular weight excluding hydrogens is 239 g/mol. The first kappa shape index (κ1) is 14.1. The summed E-state index contributed by atoms with van der Waals surface area (Å²) in [5, 5.41) is 0. The zero-order valence-corrected chi connectivity index (χ0v) is 9.98. The van der Waals surface area contributed by atoms with Crippen molar-refractivity contribution in [2.24, 2.45) is 5.84 Å². The van der Waals surface area contributed by atoms with E-state index in [1.165, 1.54) is 12.1 Å². The maximum absolute atomic E-state index is 13.5. The van der Waals surface area contributed by atoms with Gasteiger partial charge in [0.15, 0.2) is 11.6 Å². The molecule has 18 heavy (non-hydrogen) atoms. The summed E-state index contributed by atoms with van der Waals surface area (Å²) in [7, 11) is 0. The van der Waals surface area contributed by atoms with Gasteiger partial charge in [-0.25, -0.2) is 10.2 Å². The molecule has 1 atom stereocenters. The monoisotopic (exact) mass is 254 g/mol. The molecule has 0 radical (unpaired) electrons. The highest BCUT2D eigenvalue weighted by atomic mass is 19.1. The number of hydrazine groups is 1. The van der Waals surface area contributed by atoms with Crippen molar-refractivity contribution in [2.75, 3.05) is 0 Å². The molecule has 1 aromatic rings. The number of carbonyl (C=O) groups is 2. The number of nitrogens with two attached hydrogens (primary N) is 1. The molecule has 98 valence electrons. The minimum Gasteiger partial charge on any atom is -0.488 e. The third kappa shape index (κ3) is 4.14. The van der Waals surface area contributed by atoms with Gasteiger partial charge in [-0.2, -0.15) is 0 Å². The van der Waals surface area contributed by atoms with Gasteiger partial charge in [-0.05, 0) is 31.5 Å². The molecule has 0 spiro atoms. The van der Waals surface area contributed by atoms with Crippen LogP contribution in [0, 0.1) is 5.82 Å². The van der Waals surface area contributed by atoms with Crippen molar-refractivity contribution in [3.05, 3.63) is 29.6 Å². The molecule has 0 aliphatic carbocycles. The number of rotatable bonds is 6. The van der Waals surface area contributed by atoms with Gasteiger partial charge in [-0.1, -0.05) is 0 Å². The smallest absolute Gasteiger partial charge is 0.234 e. The van der Waals surface area contributed by atoms with Crippen LogP contribution in [0.15, 0.2) is 18.2 Å². The molecule has 0 bridgehead atoms. The lowest BCUT2D eigenvalue weighted by Gasteiger charge is -2.14. The number of amides is 1. The van der Waals surface area contributed by atoms with Gasteiger partial charge in [-0.15, -0.1) is 0 Å². The van der Waals surface area contributed by atoms with E-state index in [1.54, 1.807) is 6.92 Å². The Morgan fingerprint density at radius 1 is 1.61 bits per heavy atom. The first-order valence-electron chi connectivity index (χ1n) is 5.47. The normalized spacial score (nSPS) is 11.7. The highest BCUT2D eigenvalue weighted by molar-refractivity contribution is 5.75. The van der Waals surface area contributed by atoms with Crippen LogP contribution in [0.5, 0.6) is 5.75 Å². The predicted molar refractivity (Wildman–Crippen MR) is 63.4 cm³/mol. The Hall–Kier alpha value is -1.95. The van der Waals surface area contributed by atoms with Crippen LogP contribution in [0.1, 0.15) is 30.1 Å². The van der Waals surface area contributed by atoms with Crippen molar-refractivity contribution in [1.29, 1.82) is 0 Å². The van der Waals surface area contributed by atoms with Crippen LogP contribution in [0.4, 0.5) is 4.39 Å². The Balaban J connectivity index is 2.56. The van der Waals surface area contributed by atoms with E-state index in [1.807, 2.05) is 5.43 Å². The SMILES string of the molecule is CC(CCC(=O)NN)Oc1ccc(C=O)cc1F. The Morgan fingerprint density at radius 2 is 2.33 bits per heavy atom. The summed E-state index contributed by atoms with van der Waals surface area (Å²) >= 11 is 0. The van der Waals surface area contributed by atoms with Crippen LogP contribution in [0.25, 0.3) is 0 Å². The van der Waals surface area contributed by atoms with Crippen LogP contribution in [-0.2, 0) is 4.79 Å². The highest BCUT2D eigenvalue weighted by Crippen LogP contribution is 2.20. The number of nitrogens with one attached hydrogen (secondary N) is 1. The molecule has 0 saturated carbocycles. The van der Waals surface area contributed by atoms with E-state index in [4.69, 9.17) is 10.6 Å². The zero-order chi connectivity index (χ0) is 13.5. The molecule has 5 nitrogen and oxygen atoms in total. The number of aldehydes is 1. The second-order valence-corrected chi connectivity index (χ2v) is 3.84. The minimum absolute atomic E-state index is 0.0567. The van der Waals surface area contributed by atoms with Crippen molar-refractivity contribution < 1.29 is 18.7 Å². The summed E-state index contributed by atoms with van der Waals surface area (Å²) < 4.78 is 18.8. The van der Waals surface area contributed by atoms with Crippen LogP contribution in [-0.4, -0.2) is 18.3 Å². The standard InChI is InChI=1S/C12H15FN2O3/c1-8(2-5-12(17)15-14)18-11-4-3-9(7-16)6-10(11)13/h3-4,6-8H,2,5,14H2,1H3,(H,15,17). The van der Waals surface area contributed by atoms with E-state index in [2.05, 4.69) is 0 Å². The van der Waals surface area contributed by atoms with E-state index in [0.29, 0.717) is 12.7 Å². The summed E-state index contributed by atoms with van der Waals surface area (Å²) in [5.41, 5.74) is 2.25. The molecule has 3 N–H and O–H groups in total. The molecule has 0 heterocycles. The molecule has 1 amide bonds. The molecule has 1 unspecified atom stereocenters. The van der Waals surface area contributed by atoms with Crippen LogP contribution in [0.2, 0.25) is 0 Å². The molecular formula is C12H15FN2O3. The lowest BCUT2D eigenvalue weighted by Crippen LogP contribution is -2.30. The van der Waals surface area contributed by atoms with Gasteiger partial charge in [0.25, 0.3) is 0 Å². The first-order valence-corrected chi connectivity index (χ1v) is 5.47. The predicted octanol–water partition coefficient (Wildman–Crippen LogP) is 1.18. The fourth-order valence-corrected chi connectivity index (χ4v) is 1.37. The van der Waals surface area contributed by atoms with E-state index in [0.717, 1.165) is 6.07 Å². The van der Waals surface area contributed by atoms with Crippen LogP contribution >= 0.6 is 0 Å². The topological polar surface area (TPSA) is 81.4 Å². The molecule has 0 fully saturated rings. The minimum atomic E-state index is -0.602. The summed E-state index contributed by atoms with van der Waals surface area (Å²) in [5.74, 6) is 4.08. The van der Waals surface area contributed by atoms with E-state index in [9.17, 15) is 14.0 Å². The number of benzene rings is 1. The number of carbonyl (C=O) groups excluding carboxylic acids is 2. The summed E-state index contributed by atoms with van der Waals surface area (Å²) in [4.78, 5) is 21.4. The van der Waals surface area contributed by atoms with Crippen molar-refractivity contribution in [3.8, 4) is 5.75 Å². The third-order valence-electron chi connectivity index (χ3n) is 2.36. The first-order chi connectivity index (χ1) is 8.56. The average Bonchev–Trinajstić information content (AvgIpc) is 2.38. The number of hydrogen-bond donors (Lipinski definition) is 2. The lowest BCUT2D eigenvalue weighted by molar-refractivity contribution is -0.121. The number of halogens is 1. The molecule has 0 aliphatic heterocycles. The van der Waals surface area contributed by atoms with E-state index < -0.39 is 5.82 Å². The van der Waals surface area contributed by atoms with Gasteiger partial charge in [-0.3, -0.25) is 15.0 Å². The number of hydrogen-bond acceptors (Lipinski definition) is 4. The quantitative estimate of drug-likeness (QED) is 0.345. The van der Waals surface area contributed by atoms with Gasteiger partial charge in [0.1, 0.15) is 6.29 Å². The van der Waals surface area contributed by atoms with Gasteiger partial charge in [0, 0.05) is 12.0 Å². The maximum atomic E-state index is 13.5. The Labute approximate surface area is 104 Å². The lowest BCUT2D eigenvalue weighted by atomic mass is 10.2. The van der Waals surface area contributed by atoms with Gasteiger partial charge < -0.3 is 4.74 Å². The highest BCUT2D eigenvalue weighted by Gasteiger charge is 2.10. The molecule has 0 aromatic heterocycles. The fraction of sp³-hybridized carbons (Fsp3) is 0.333. The van der Waals surface area contributed by atoms with Crippen LogP contribution in [0.3, 0.4) is 0 Å². The van der Waals surface area contributed by atoms with Crippen LogP contribution < -0.4 is 16.0 Å². The largest absolute Gasteiger partial charge is 0.488 e. The second-order valence-electron chi connectivity index (χ2n) is 3.84. The van der Waals surface area contributed by atoms with Crippen molar-refractivity contribution >= 4 is 12.2 Å². The zero-order valence-electron chi connectivity index (χ0n) is 9.98. The maximum Gasteiger partial charge on any atom is 0.234 e. The molecule has 1 rings (SSSR count). The number of ether oxygens (including phenoxy) is 1. The van der Waals surface area contributed by atoms with Crippen molar-refractivity contribution in [3.63, 3.8) is 0 Å². The molecule has 0 saturated heterocycles. The van der Waals surface area contributed by atoms with Gasteiger partial charge in [0.2, 0.25) is 5.91 Å².